The monoisotopic (exact) mass is 241 g/mol. The second kappa shape index (κ2) is 6.32. The molecule has 1 aromatic heterocycles. The van der Waals surface area contributed by atoms with E-state index in [2.05, 4.69) is 22.2 Å². The molecule has 6 heteroatoms. The minimum atomic E-state index is -1.06. The van der Waals surface area contributed by atoms with Gasteiger partial charge in [-0.2, -0.15) is 11.8 Å². The topological polar surface area (TPSA) is 75.1 Å². The fourth-order valence-electron chi connectivity index (χ4n) is 1.21. The molecule has 1 aromatic rings. The highest BCUT2D eigenvalue weighted by atomic mass is 32.2. The predicted octanol–water partition coefficient (Wildman–Crippen LogP) is 1.73. The van der Waals surface area contributed by atoms with Crippen LogP contribution in [0.3, 0.4) is 0 Å². The average Bonchev–Trinajstić information content (AvgIpc) is 2.29. The van der Waals surface area contributed by atoms with Crippen LogP contribution in [0.1, 0.15) is 23.8 Å². The molecule has 0 aliphatic carbocycles. The first-order chi connectivity index (χ1) is 7.67. The molecule has 0 amide bonds. The molecule has 1 rings (SSSR count). The van der Waals surface area contributed by atoms with Gasteiger partial charge in [-0.05, 0) is 12.7 Å². The maximum atomic E-state index is 10.7. The predicted molar refractivity (Wildman–Crippen MR) is 65.1 cm³/mol. The Bertz CT molecular complexity index is 360. The SMILES string of the molecule is CCC(CSC)Nc1cncc(C(=O)O)n1. The summed E-state index contributed by atoms with van der Waals surface area (Å²) in [7, 11) is 0. The van der Waals surface area contributed by atoms with E-state index in [1.165, 1.54) is 12.4 Å². The summed E-state index contributed by atoms with van der Waals surface area (Å²) >= 11 is 1.74. The number of aromatic carboxylic acids is 1. The largest absolute Gasteiger partial charge is 0.476 e. The number of carbonyl (C=O) groups is 1. The second-order valence-corrected chi connectivity index (χ2v) is 4.21. The van der Waals surface area contributed by atoms with Crippen LogP contribution in [0.4, 0.5) is 5.82 Å². The molecule has 0 aromatic carbocycles. The zero-order valence-electron chi connectivity index (χ0n) is 9.30. The van der Waals surface area contributed by atoms with Gasteiger partial charge in [-0.3, -0.25) is 4.98 Å². The van der Waals surface area contributed by atoms with Gasteiger partial charge in [0.2, 0.25) is 0 Å². The van der Waals surface area contributed by atoms with Crippen molar-refractivity contribution in [3.8, 4) is 0 Å². The Kier molecular flexibility index (Phi) is 5.04. The van der Waals surface area contributed by atoms with Crippen molar-refractivity contribution in [3.63, 3.8) is 0 Å². The Morgan fingerprint density at radius 1 is 1.62 bits per heavy atom. The molecule has 1 atom stereocenters. The van der Waals surface area contributed by atoms with Gasteiger partial charge in [-0.15, -0.1) is 0 Å². The summed E-state index contributed by atoms with van der Waals surface area (Å²) in [6, 6.07) is 0.286. The molecule has 0 saturated heterocycles. The van der Waals surface area contributed by atoms with Crippen LogP contribution in [0.2, 0.25) is 0 Å². The number of carboxylic acids is 1. The quantitative estimate of drug-likeness (QED) is 0.790. The highest BCUT2D eigenvalue weighted by Gasteiger charge is 2.09. The van der Waals surface area contributed by atoms with Gasteiger partial charge in [0.15, 0.2) is 5.69 Å². The van der Waals surface area contributed by atoms with Gasteiger partial charge >= 0.3 is 5.97 Å². The Labute approximate surface area is 98.7 Å². The molecule has 88 valence electrons. The van der Waals surface area contributed by atoms with E-state index < -0.39 is 5.97 Å². The number of carboxylic acid groups (broad SMARTS) is 1. The lowest BCUT2D eigenvalue weighted by molar-refractivity contribution is 0.0690. The summed E-state index contributed by atoms with van der Waals surface area (Å²) in [5.41, 5.74) is -0.0380. The first-order valence-electron chi connectivity index (χ1n) is 4.98. The molecule has 0 aliphatic rings. The number of thioether (sulfide) groups is 1. The number of aromatic nitrogens is 2. The molecule has 1 heterocycles. The van der Waals surface area contributed by atoms with E-state index in [0.717, 1.165) is 12.2 Å². The highest BCUT2D eigenvalue weighted by Crippen LogP contribution is 2.09. The van der Waals surface area contributed by atoms with Gasteiger partial charge in [0, 0.05) is 11.8 Å². The molecule has 0 spiro atoms. The molecule has 1 unspecified atom stereocenters. The molecular formula is C10H15N3O2S. The Morgan fingerprint density at radius 2 is 2.38 bits per heavy atom. The summed E-state index contributed by atoms with van der Waals surface area (Å²) in [6.07, 6.45) is 5.77. The average molecular weight is 241 g/mol. The van der Waals surface area contributed by atoms with Gasteiger partial charge in [0.1, 0.15) is 5.82 Å². The van der Waals surface area contributed by atoms with Crippen molar-refractivity contribution in [1.82, 2.24) is 9.97 Å². The number of anilines is 1. The zero-order chi connectivity index (χ0) is 12.0. The van der Waals surface area contributed by atoms with Crippen molar-refractivity contribution >= 4 is 23.5 Å². The number of rotatable bonds is 6. The van der Waals surface area contributed by atoms with Crippen molar-refractivity contribution in [1.29, 1.82) is 0 Å². The second-order valence-electron chi connectivity index (χ2n) is 3.30. The van der Waals surface area contributed by atoms with Crippen LogP contribution in [0.15, 0.2) is 12.4 Å². The van der Waals surface area contributed by atoms with E-state index in [1.807, 2.05) is 6.26 Å². The molecule has 0 radical (unpaired) electrons. The maximum absolute atomic E-state index is 10.7. The summed E-state index contributed by atoms with van der Waals surface area (Å²) in [5.74, 6) is 0.407. The summed E-state index contributed by atoms with van der Waals surface area (Å²) < 4.78 is 0. The molecule has 5 nitrogen and oxygen atoms in total. The van der Waals surface area contributed by atoms with Crippen LogP contribution in [0.5, 0.6) is 0 Å². The standard InChI is InChI=1S/C10H15N3O2S/c1-3-7(6-16-2)12-9-5-11-4-8(13-9)10(14)15/h4-5,7H,3,6H2,1-2H3,(H,12,13)(H,14,15). The Hall–Kier alpha value is -1.30. The first kappa shape index (κ1) is 12.8. The maximum Gasteiger partial charge on any atom is 0.356 e. The number of nitrogens with zero attached hydrogens (tertiary/aromatic N) is 2. The van der Waals surface area contributed by atoms with E-state index in [0.29, 0.717) is 5.82 Å². The van der Waals surface area contributed by atoms with Crippen LogP contribution < -0.4 is 5.32 Å². The van der Waals surface area contributed by atoms with Gasteiger partial charge in [0.05, 0.1) is 12.4 Å². The lowest BCUT2D eigenvalue weighted by Gasteiger charge is -2.15. The Balaban J connectivity index is 2.72. The van der Waals surface area contributed by atoms with E-state index in [9.17, 15) is 4.79 Å². The third-order valence-corrected chi connectivity index (χ3v) is 2.80. The van der Waals surface area contributed by atoms with Crippen molar-refractivity contribution in [2.45, 2.75) is 19.4 Å². The van der Waals surface area contributed by atoms with Crippen LogP contribution >= 0.6 is 11.8 Å². The smallest absolute Gasteiger partial charge is 0.356 e. The normalized spacial score (nSPS) is 12.1. The minimum Gasteiger partial charge on any atom is -0.476 e. The third-order valence-electron chi connectivity index (χ3n) is 2.07. The zero-order valence-corrected chi connectivity index (χ0v) is 10.1. The van der Waals surface area contributed by atoms with Gasteiger partial charge in [-0.1, -0.05) is 6.92 Å². The summed E-state index contributed by atoms with van der Waals surface area (Å²) in [4.78, 5) is 18.5. The van der Waals surface area contributed by atoms with Crippen molar-refractivity contribution in [2.75, 3.05) is 17.3 Å². The number of nitrogens with one attached hydrogen (secondary N) is 1. The van der Waals surface area contributed by atoms with Crippen molar-refractivity contribution in [3.05, 3.63) is 18.1 Å². The fraction of sp³-hybridized carbons (Fsp3) is 0.500. The molecule has 0 aliphatic heterocycles. The molecule has 0 fully saturated rings. The first-order valence-corrected chi connectivity index (χ1v) is 6.37. The molecule has 0 bridgehead atoms. The molecule has 2 N–H and O–H groups in total. The van der Waals surface area contributed by atoms with Gasteiger partial charge in [0.25, 0.3) is 0 Å². The van der Waals surface area contributed by atoms with Crippen LogP contribution in [0, 0.1) is 0 Å². The minimum absolute atomic E-state index is 0.0380. The summed E-state index contributed by atoms with van der Waals surface area (Å²) in [6.45, 7) is 2.07. The van der Waals surface area contributed by atoms with Gasteiger partial charge in [-0.25, -0.2) is 9.78 Å². The van der Waals surface area contributed by atoms with E-state index >= 15 is 0 Å². The van der Waals surface area contributed by atoms with E-state index in [4.69, 9.17) is 5.11 Å². The van der Waals surface area contributed by atoms with Crippen LogP contribution in [-0.2, 0) is 0 Å². The third kappa shape index (κ3) is 3.69. The number of hydrogen-bond donors (Lipinski definition) is 2. The molecular weight excluding hydrogens is 226 g/mol. The van der Waals surface area contributed by atoms with E-state index in [-0.39, 0.29) is 11.7 Å². The van der Waals surface area contributed by atoms with Gasteiger partial charge < -0.3 is 10.4 Å². The van der Waals surface area contributed by atoms with Crippen molar-refractivity contribution < 1.29 is 9.90 Å². The number of hydrogen-bond acceptors (Lipinski definition) is 5. The van der Waals surface area contributed by atoms with Crippen LogP contribution in [-0.4, -0.2) is 39.1 Å². The Morgan fingerprint density at radius 3 is 2.94 bits per heavy atom. The fourth-order valence-corrected chi connectivity index (χ4v) is 1.93. The summed E-state index contributed by atoms with van der Waals surface area (Å²) in [5, 5.41) is 11.9. The highest BCUT2D eigenvalue weighted by molar-refractivity contribution is 7.98. The van der Waals surface area contributed by atoms with Crippen molar-refractivity contribution in [2.24, 2.45) is 0 Å². The lowest BCUT2D eigenvalue weighted by Crippen LogP contribution is -2.22. The molecule has 16 heavy (non-hydrogen) atoms. The van der Waals surface area contributed by atoms with E-state index in [1.54, 1.807) is 11.8 Å². The van der Waals surface area contributed by atoms with Crippen LogP contribution in [0.25, 0.3) is 0 Å². The molecule has 0 saturated carbocycles. The lowest BCUT2D eigenvalue weighted by atomic mass is 10.2.